The van der Waals surface area contributed by atoms with Crippen LogP contribution in [-0.2, 0) is 4.74 Å². The lowest BCUT2D eigenvalue weighted by molar-refractivity contribution is 0.0830. The van der Waals surface area contributed by atoms with Crippen LogP contribution in [0.25, 0.3) is 10.2 Å². The lowest BCUT2D eigenvalue weighted by Gasteiger charge is -2.31. The molecule has 6 nitrogen and oxygen atoms in total. The second kappa shape index (κ2) is 10.3. The van der Waals surface area contributed by atoms with Crippen LogP contribution in [0.1, 0.15) is 29.6 Å². The number of nitrogens with zero attached hydrogens (tertiary/aromatic N) is 2. The number of ether oxygens (including phenoxy) is 1. The number of hydrogen-bond donors (Lipinski definition) is 1. The van der Waals surface area contributed by atoms with Crippen molar-refractivity contribution in [3.63, 3.8) is 0 Å². The number of thiazole rings is 1. The van der Waals surface area contributed by atoms with Crippen molar-refractivity contribution in [2.75, 3.05) is 31.6 Å². The summed E-state index contributed by atoms with van der Waals surface area (Å²) in [6.45, 7) is 3.00. The van der Waals surface area contributed by atoms with Gasteiger partial charge in [-0.05, 0) is 56.6 Å². The molecule has 162 valence electrons. The number of fused-ring (bicyclic) bond motifs is 1. The van der Waals surface area contributed by atoms with Crippen molar-refractivity contribution in [1.82, 2.24) is 9.88 Å². The average molecular weight is 502 g/mol. The molecule has 1 aliphatic rings. The number of rotatable bonds is 7. The summed E-state index contributed by atoms with van der Waals surface area (Å²) >= 11 is 4.94. The van der Waals surface area contributed by atoms with Crippen molar-refractivity contribution >= 4 is 55.0 Å². The van der Waals surface area contributed by atoms with E-state index in [-0.39, 0.29) is 11.7 Å². The first-order valence-corrected chi connectivity index (χ1v) is 12.1. The number of amides is 1. The fourth-order valence-corrected chi connectivity index (χ4v) is 4.82. The highest BCUT2D eigenvalue weighted by Crippen LogP contribution is 2.25. The summed E-state index contributed by atoms with van der Waals surface area (Å²) in [6.07, 6.45) is 2.04. The van der Waals surface area contributed by atoms with E-state index < -0.39 is 6.09 Å². The highest BCUT2D eigenvalue weighted by atomic mass is 79.9. The summed E-state index contributed by atoms with van der Waals surface area (Å²) in [5.74, 6) is 0.329. The van der Waals surface area contributed by atoms with Crippen LogP contribution in [-0.4, -0.2) is 48.0 Å². The molecule has 1 saturated heterocycles. The van der Waals surface area contributed by atoms with Gasteiger partial charge in [-0.1, -0.05) is 34.1 Å². The molecule has 0 spiro atoms. The highest BCUT2D eigenvalue weighted by molar-refractivity contribution is 9.10. The zero-order valence-corrected chi connectivity index (χ0v) is 19.5. The van der Waals surface area contributed by atoms with E-state index in [2.05, 4.69) is 31.1 Å². The summed E-state index contributed by atoms with van der Waals surface area (Å²) in [7, 11) is 0. The number of piperidine rings is 1. The first kappa shape index (κ1) is 21.9. The Morgan fingerprint density at radius 1 is 1.16 bits per heavy atom. The van der Waals surface area contributed by atoms with E-state index in [0.717, 1.165) is 59.1 Å². The Morgan fingerprint density at radius 3 is 2.71 bits per heavy atom. The lowest BCUT2D eigenvalue weighted by Crippen LogP contribution is -2.37. The van der Waals surface area contributed by atoms with E-state index in [0.29, 0.717) is 12.3 Å². The topological polar surface area (TPSA) is 71.5 Å². The molecule has 3 aromatic rings. The maximum atomic E-state index is 12.7. The predicted molar refractivity (Wildman–Crippen MR) is 127 cm³/mol. The first-order valence-electron chi connectivity index (χ1n) is 10.4. The number of hydrogen-bond acceptors (Lipinski definition) is 6. The molecule has 1 aromatic heterocycles. The molecule has 2 heterocycles. The first-order chi connectivity index (χ1) is 15.1. The van der Waals surface area contributed by atoms with Gasteiger partial charge in [-0.25, -0.2) is 9.78 Å². The van der Waals surface area contributed by atoms with Gasteiger partial charge in [-0.15, -0.1) is 11.3 Å². The van der Waals surface area contributed by atoms with E-state index in [1.54, 1.807) is 5.51 Å². The summed E-state index contributed by atoms with van der Waals surface area (Å²) in [4.78, 5) is 31.4. The van der Waals surface area contributed by atoms with Crippen LogP contribution in [0.2, 0.25) is 0 Å². The number of halogens is 1. The van der Waals surface area contributed by atoms with E-state index >= 15 is 0 Å². The largest absolute Gasteiger partial charge is 0.449 e. The highest BCUT2D eigenvalue weighted by Gasteiger charge is 2.25. The SMILES string of the molecule is O=C(Nc1cccc2scnc12)OCCCN1CCC(C(=O)c2ccc(Br)cc2)CC1. The number of ketones is 1. The van der Waals surface area contributed by atoms with E-state index in [9.17, 15) is 9.59 Å². The number of nitrogens with one attached hydrogen (secondary N) is 1. The number of para-hydroxylation sites is 1. The molecule has 1 N–H and O–H groups in total. The predicted octanol–water partition coefficient (Wildman–Crippen LogP) is 5.59. The third-order valence-electron chi connectivity index (χ3n) is 5.54. The van der Waals surface area contributed by atoms with Gasteiger partial charge >= 0.3 is 6.09 Å². The molecule has 0 saturated carbocycles. The van der Waals surface area contributed by atoms with Crippen LogP contribution >= 0.6 is 27.3 Å². The minimum Gasteiger partial charge on any atom is -0.449 e. The molecule has 4 rings (SSSR count). The molecule has 0 bridgehead atoms. The Hall–Kier alpha value is -2.29. The van der Waals surface area contributed by atoms with Crippen molar-refractivity contribution in [3.8, 4) is 0 Å². The Bertz CT molecular complexity index is 1050. The Morgan fingerprint density at radius 2 is 1.94 bits per heavy atom. The van der Waals surface area contributed by atoms with Gasteiger partial charge < -0.3 is 9.64 Å². The maximum absolute atomic E-state index is 12.7. The normalized spacial score (nSPS) is 15.1. The van der Waals surface area contributed by atoms with Crippen LogP contribution in [0.3, 0.4) is 0 Å². The van der Waals surface area contributed by atoms with E-state index in [1.165, 1.54) is 11.3 Å². The molecule has 1 aliphatic heterocycles. The zero-order valence-electron chi connectivity index (χ0n) is 17.1. The number of benzene rings is 2. The number of carbonyl (C=O) groups excluding carboxylic acids is 2. The second-order valence-electron chi connectivity index (χ2n) is 7.61. The van der Waals surface area contributed by atoms with Crippen molar-refractivity contribution in [3.05, 3.63) is 58.0 Å². The molecular weight excluding hydrogens is 478 g/mol. The van der Waals surface area contributed by atoms with Gasteiger partial charge in [0.1, 0.15) is 5.52 Å². The average Bonchev–Trinajstić information content (AvgIpc) is 3.27. The summed E-state index contributed by atoms with van der Waals surface area (Å²) in [5, 5.41) is 2.78. The molecule has 0 aliphatic carbocycles. The van der Waals surface area contributed by atoms with Gasteiger partial charge in [0.15, 0.2) is 5.78 Å². The van der Waals surface area contributed by atoms with Gasteiger partial charge in [-0.3, -0.25) is 10.1 Å². The van der Waals surface area contributed by atoms with Crippen molar-refractivity contribution < 1.29 is 14.3 Å². The number of anilines is 1. The third-order valence-corrected chi connectivity index (χ3v) is 6.86. The molecule has 0 radical (unpaired) electrons. The molecule has 0 unspecified atom stereocenters. The van der Waals surface area contributed by atoms with Crippen LogP contribution in [0.4, 0.5) is 10.5 Å². The smallest absolute Gasteiger partial charge is 0.411 e. The molecule has 2 aromatic carbocycles. The summed E-state index contributed by atoms with van der Waals surface area (Å²) in [6, 6.07) is 13.3. The van der Waals surface area contributed by atoms with Crippen molar-refractivity contribution in [2.24, 2.45) is 5.92 Å². The maximum Gasteiger partial charge on any atom is 0.411 e. The standard InChI is InChI=1S/C23H24BrN3O3S/c24-18-7-5-16(6-8-18)22(28)17-9-12-27(13-10-17)11-2-14-30-23(29)26-19-3-1-4-20-21(19)25-15-31-20/h1,3-8,15,17H,2,9-14H2,(H,26,29). The van der Waals surface area contributed by atoms with Crippen molar-refractivity contribution in [2.45, 2.75) is 19.3 Å². The van der Waals surface area contributed by atoms with Crippen LogP contribution in [0, 0.1) is 5.92 Å². The van der Waals surface area contributed by atoms with Gasteiger partial charge in [0.25, 0.3) is 0 Å². The number of Topliss-reactive ketones (excluding diaryl/α,β-unsaturated/α-hetero) is 1. The van der Waals surface area contributed by atoms with Crippen LogP contribution in [0.5, 0.6) is 0 Å². The van der Waals surface area contributed by atoms with Gasteiger partial charge in [0.2, 0.25) is 0 Å². The zero-order chi connectivity index (χ0) is 21.6. The fraction of sp³-hybridized carbons (Fsp3) is 0.348. The van der Waals surface area contributed by atoms with Crippen LogP contribution in [0.15, 0.2) is 52.4 Å². The summed E-state index contributed by atoms with van der Waals surface area (Å²) < 4.78 is 7.34. The fourth-order valence-electron chi connectivity index (χ4n) is 3.85. The number of aromatic nitrogens is 1. The Labute approximate surface area is 193 Å². The van der Waals surface area contributed by atoms with Gasteiger partial charge in [0, 0.05) is 22.5 Å². The van der Waals surface area contributed by atoms with Crippen molar-refractivity contribution in [1.29, 1.82) is 0 Å². The molecule has 0 atom stereocenters. The molecular formula is C23H24BrN3O3S. The number of likely N-dealkylation sites (tertiary alicyclic amines) is 1. The Kier molecular flexibility index (Phi) is 7.32. The lowest BCUT2D eigenvalue weighted by atomic mass is 9.89. The quantitative estimate of drug-likeness (QED) is 0.337. The van der Waals surface area contributed by atoms with E-state index in [1.807, 2.05) is 42.5 Å². The molecule has 1 fully saturated rings. The second-order valence-corrected chi connectivity index (χ2v) is 9.41. The molecule has 31 heavy (non-hydrogen) atoms. The van der Waals surface area contributed by atoms with Gasteiger partial charge in [-0.2, -0.15) is 0 Å². The minimum absolute atomic E-state index is 0.0906. The number of carbonyl (C=O) groups is 2. The Balaban J connectivity index is 1.15. The third kappa shape index (κ3) is 5.70. The monoisotopic (exact) mass is 501 g/mol. The van der Waals surface area contributed by atoms with Crippen LogP contribution < -0.4 is 5.32 Å². The minimum atomic E-state index is -0.459. The summed E-state index contributed by atoms with van der Waals surface area (Å²) in [5.41, 5.74) is 4.00. The van der Waals surface area contributed by atoms with E-state index in [4.69, 9.17) is 4.74 Å². The molecule has 8 heteroatoms. The van der Waals surface area contributed by atoms with Gasteiger partial charge in [0.05, 0.1) is 22.5 Å². The molecule has 1 amide bonds.